The number of fused-ring (bicyclic) bond motifs is 7. The van der Waals surface area contributed by atoms with Gasteiger partial charge in [0.05, 0.1) is 16.8 Å². The van der Waals surface area contributed by atoms with Gasteiger partial charge in [0.2, 0.25) is 0 Å². The van der Waals surface area contributed by atoms with E-state index >= 15 is 0 Å². The lowest BCUT2D eigenvalue weighted by molar-refractivity contribution is 0.768. The quantitative estimate of drug-likeness (QED) is 0.155. The normalized spacial score (nSPS) is 12.7. The van der Waals surface area contributed by atoms with Crippen LogP contribution in [0.4, 0.5) is 17.1 Å². The van der Waals surface area contributed by atoms with E-state index in [0.29, 0.717) is 0 Å². The fraction of sp³-hybridized carbons (Fsp3) is 0.0169. The van der Waals surface area contributed by atoms with Crippen LogP contribution in [0.5, 0.6) is 0 Å². The van der Waals surface area contributed by atoms with E-state index in [4.69, 9.17) is 0 Å². The molecule has 1 heterocycles. The molecule has 0 atom stereocenters. The summed E-state index contributed by atoms with van der Waals surface area (Å²) >= 11 is 1.88. The van der Waals surface area contributed by atoms with Crippen molar-refractivity contribution in [1.82, 2.24) is 0 Å². The molecule has 0 spiro atoms. The standard InChI is InChI=1S/C59H39NS/c1-3-22-42(23-4-1)59(43-24-5-2-6-25-43)52-34-12-9-30-51(52)57-53(59)35-18-37-55(57)60(54-36-13-10-28-48(54)47-32-16-20-40-19-7-8-27-45(40)47)44-26-15-21-41(39-44)46-31-17-33-50-49-29-11-14-38-56(49)61-58(46)50/h1-39H. The van der Waals surface area contributed by atoms with Crippen molar-refractivity contribution in [2.24, 2.45) is 0 Å². The van der Waals surface area contributed by atoms with E-state index in [1.54, 1.807) is 0 Å². The summed E-state index contributed by atoms with van der Waals surface area (Å²) in [6.45, 7) is 0. The molecule has 0 unspecified atom stereocenters. The molecule has 0 saturated heterocycles. The minimum Gasteiger partial charge on any atom is -0.309 e. The average Bonchev–Trinajstić information content (AvgIpc) is 3.87. The Labute approximate surface area is 360 Å². The van der Waals surface area contributed by atoms with Gasteiger partial charge in [0.15, 0.2) is 0 Å². The Hall–Kier alpha value is -7.52. The molecule has 0 radical (unpaired) electrons. The van der Waals surface area contributed by atoms with Crippen LogP contribution in [-0.2, 0) is 5.41 Å². The van der Waals surface area contributed by atoms with Crippen molar-refractivity contribution in [3.63, 3.8) is 0 Å². The lowest BCUT2D eigenvalue weighted by atomic mass is 9.68. The summed E-state index contributed by atoms with van der Waals surface area (Å²) in [5.41, 5.74) is 15.3. The molecular formula is C59H39NS. The molecule has 10 aromatic carbocycles. The van der Waals surface area contributed by atoms with Crippen LogP contribution in [0.3, 0.4) is 0 Å². The zero-order valence-electron chi connectivity index (χ0n) is 33.4. The lowest BCUT2D eigenvalue weighted by Crippen LogP contribution is -2.28. The van der Waals surface area contributed by atoms with Gasteiger partial charge in [0, 0.05) is 37.0 Å². The second-order valence-electron chi connectivity index (χ2n) is 15.9. The number of rotatable bonds is 7. The predicted octanol–water partition coefficient (Wildman–Crippen LogP) is 16.4. The largest absolute Gasteiger partial charge is 0.309 e. The van der Waals surface area contributed by atoms with Crippen molar-refractivity contribution < 1.29 is 0 Å². The van der Waals surface area contributed by atoms with Crippen LogP contribution in [0, 0.1) is 0 Å². The number of hydrogen-bond donors (Lipinski definition) is 0. The molecule has 1 aliphatic carbocycles. The Morgan fingerprint density at radius 1 is 0.361 bits per heavy atom. The first-order valence-corrected chi connectivity index (χ1v) is 21.8. The minimum absolute atomic E-state index is 0.524. The Balaban J connectivity index is 1.16. The van der Waals surface area contributed by atoms with Crippen LogP contribution in [0.15, 0.2) is 237 Å². The molecule has 11 aromatic rings. The van der Waals surface area contributed by atoms with Gasteiger partial charge in [-0.2, -0.15) is 0 Å². The van der Waals surface area contributed by atoms with Crippen molar-refractivity contribution in [3.8, 4) is 33.4 Å². The SMILES string of the molecule is c1ccc(C2(c3ccccc3)c3ccccc3-c3c(N(c4cccc(-c5cccc6c5sc5ccccc56)c4)c4ccccc4-c4cccc5ccccc45)cccc32)cc1. The van der Waals surface area contributed by atoms with Crippen LogP contribution >= 0.6 is 11.3 Å². The first-order valence-electron chi connectivity index (χ1n) is 21.0. The second kappa shape index (κ2) is 14.3. The van der Waals surface area contributed by atoms with Crippen molar-refractivity contribution in [1.29, 1.82) is 0 Å². The smallest absolute Gasteiger partial charge is 0.0714 e. The summed E-state index contributed by atoms with van der Waals surface area (Å²) in [5, 5.41) is 5.07. The second-order valence-corrected chi connectivity index (χ2v) is 17.0. The molecule has 0 aliphatic heterocycles. The Bertz CT molecular complexity index is 3390. The molecule has 0 fully saturated rings. The van der Waals surface area contributed by atoms with Crippen molar-refractivity contribution in [2.75, 3.05) is 4.90 Å². The van der Waals surface area contributed by atoms with Crippen molar-refractivity contribution >= 4 is 59.3 Å². The van der Waals surface area contributed by atoms with Gasteiger partial charge in [-0.15, -0.1) is 11.3 Å². The third-order valence-corrected chi connectivity index (χ3v) is 14.0. The number of para-hydroxylation sites is 1. The van der Waals surface area contributed by atoms with Crippen LogP contribution < -0.4 is 4.90 Å². The maximum absolute atomic E-state index is 2.54. The Morgan fingerprint density at radius 3 is 1.75 bits per heavy atom. The number of thiophene rings is 1. The molecule has 1 aliphatic rings. The highest BCUT2D eigenvalue weighted by Crippen LogP contribution is 2.60. The number of nitrogens with zero attached hydrogens (tertiary/aromatic N) is 1. The van der Waals surface area contributed by atoms with Gasteiger partial charge in [-0.3, -0.25) is 0 Å². The molecule has 0 saturated carbocycles. The average molecular weight is 794 g/mol. The van der Waals surface area contributed by atoms with Gasteiger partial charge >= 0.3 is 0 Å². The third kappa shape index (κ3) is 5.46. The molecule has 0 bridgehead atoms. The molecule has 1 aromatic heterocycles. The topological polar surface area (TPSA) is 3.24 Å². The van der Waals surface area contributed by atoms with Gasteiger partial charge in [-0.05, 0) is 85.6 Å². The van der Waals surface area contributed by atoms with Gasteiger partial charge in [-0.25, -0.2) is 0 Å². The van der Waals surface area contributed by atoms with Crippen LogP contribution in [0.1, 0.15) is 22.3 Å². The number of benzene rings is 10. The predicted molar refractivity (Wildman–Crippen MR) is 260 cm³/mol. The molecule has 286 valence electrons. The monoisotopic (exact) mass is 793 g/mol. The molecule has 0 amide bonds. The van der Waals surface area contributed by atoms with Crippen molar-refractivity contribution in [2.45, 2.75) is 5.41 Å². The highest BCUT2D eigenvalue weighted by atomic mass is 32.1. The molecule has 12 rings (SSSR count). The minimum atomic E-state index is -0.524. The Morgan fingerprint density at radius 2 is 0.918 bits per heavy atom. The molecule has 2 heteroatoms. The highest BCUT2D eigenvalue weighted by Gasteiger charge is 2.47. The van der Waals surface area contributed by atoms with E-state index in [0.717, 1.165) is 17.1 Å². The van der Waals surface area contributed by atoms with Crippen LogP contribution in [0.25, 0.3) is 64.3 Å². The zero-order chi connectivity index (χ0) is 40.3. The maximum Gasteiger partial charge on any atom is 0.0714 e. The lowest BCUT2D eigenvalue weighted by Gasteiger charge is -2.34. The van der Waals surface area contributed by atoms with E-state index in [-0.39, 0.29) is 0 Å². The number of hydrogen-bond acceptors (Lipinski definition) is 2. The van der Waals surface area contributed by atoms with Gasteiger partial charge in [-0.1, -0.05) is 206 Å². The molecule has 1 nitrogen and oxygen atoms in total. The Kier molecular flexibility index (Phi) is 8.33. The summed E-state index contributed by atoms with van der Waals surface area (Å²) in [5.74, 6) is 0. The summed E-state index contributed by atoms with van der Waals surface area (Å²) in [7, 11) is 0. The van der Waals surface area contributed by atoms with E-state index in [9.17, 15) is 0 Å². The fourth-order valence-corrected chi connectivity index (χ4v) is 11.5. The van der Waals surface area contributed by atoms with Gasteiger partial charge in [0.1, 0.15) is 0 Å². The zero-order valence-corrected chi connectivity index (χ0v) is 34.2. The first kappa shape index (κ1) is 35.4. The third-order valence-electron chi connectivity index (χ3n) is 12.7. The molecule has 61 heavy (non-hydrogen) atoms. The van der Waals surface area contributed by atoms with Crippen molar-refractivity contribution in [3.05, 3.63) is 259 Å². The fourth-order valence-electron chi connectivity index (χ4n) is 10.2. The van der Waals surface area contributed by atoms with E-state index in [1.807, 2.05) is 11.3 Å². The van der Waals surface area contributed by atoms with Gasteiger partial charge < -0.3 is 4.90 Å². The van der Waals surface area contributed by atoms with Crippen LogP contribution in [-0.4, -0.2) is 0 Å². The maximum atomic E-state index is 2.54. The summed E-state index contributed by atoms with van der Waals surface area (Å²) in [6, 6.07) is 87.4. The summed E-state index contributed by atoms with van der Waals surface area (Å²) in [6.07, 6.45) is 0. The van der Waals surface area contributed by atoms with E-state index < -0.39 is 5.41 Å². The van der Waals surface area contributed by atoms with E-state index in [2.05, 4.69) is 241 Å². The van der Waals surface area contributed by atoms with E-state index in [1.165, 1.54) is 86.6 Å². The molecular weight excluding hydrogens is 755 g/mol. The molecule has 0 N–H and O–H groups in total. The first-order chi connectivity index (χ1) is 30.3. The summed E-state index contributed by atoms with van der Waals surface area (Å²) in [4.78, 5) is 2.54. The summed E-state index contributed by atoms with van der Waals surface area (Å²) < 4.78 is 2.62. The van der Waals surface area contributed by atoms with Crippen LogP contribution in [0.2, 0.25) is 0 Å². The number of anilines is 3. The van der Waals surface area contributed by atoms with Gasteiger partial charge in [0.25, 0.3) is 0 Å². The highest BCUT2D eigenvalue weighted by molar-refractivity contribution is 7.26.